The third kappa shape index (κ3) is 2.53. The van der Waals surface area contributed by atoms with E-state index in [0.717, 1.165) is 0 Å². The van der Waals surface area contributed by atoms with Crippen molar-refractivity contribution in [3.8, 4) is 0 Å². The molecule has 0 unspecified atom stereocenters. The Balaban J connectivity index is 2.28. The summed E-state index contributed by atoms with van der Waals surface area (Å²) in [4.78, 5) is 12.0. The van der Waals surface area contributed by atoms with Crippen LogP contribution in [0, 0.1) is 6.92 Å². The van der Waals surface area contributed by atoms with Crippen molar-refractivity contribution < 1.29 is 4.79 Å². The number of carbonyl (C=O) groups excluding carboxylic acids is 1. The number of nitrogens with one attached hydrogen (secondary N) is 2. The summed E-state index contributed by atoms with van der Waals surface area (Å²) < 4.78 is 0.673. The molecule has 4 nitrogen and oxygen atoms in total. The zero-order valence-electron chi connectivity index (χ0n) is 9.22. The highest BCUT2D eigenvalue weighted by Gasteiger charge is 2.14. The van der Waals surface area contributed by atoms with Gasteiger partial charge in [0.05, 0.1) is 27.5 Å². The number of hydrogen-bond acceptors (Lipinski definition) is 2. The minimum absolute atomic E-state index is 0.290. The Kier molecular flexibility index (Phi) is 3.94. The number of aromatic amines is 1. The lowest BCUT2D eigenvalue weighted by Crippen LogP contribution is -2.12. The average Bonchev–Trinajstić information content (AvgIpc) is 2.76. The minimum atomic E-state index is -0.290. The third-order valence-electron chi connectivity index (χ3n) is 2.36. The molecule has 0 atom stereocenters. The number of hydrogen-bond donors (Lipinski definition) is 2. The van der Waals surface area contributed by atoms with Gasteiger partial charge in [-0.3, -0.25) is 9.89 Å². The molecule has 1 heterocycles. The number of anilines is 1. The highest BCUT2D eigenvalue weighted by molar-refractivity contribution is 9.10. The van der Waals surface area contributed by atoms with Gasteiger partial charge in [-0.1, -0.05) is 23.2 Å². The first-order chi connectivity index (χ1) is 8.50. The molecule has 0 fully saturated rings. The molecule has 1 amide bonds. The maximum Gasteiger partial charge on any atom is 0.259 e. The van der Waals surface area contributed by atoms with Gasteiger partial charge in [-0.2, -0.15) is 5.10 Å². The molecular weight excluding hydrogens is 341 g/mol. The maximum atomic E-state index is 12.0. The van der Waals surface area contributed by atoms with Crippen molar-refractivity contribution in [2.24, 2.45) is 0 Å². The number of H-pyrrole nitrogens is 1. The summed E-state index contributed by atoms with van der Waals surface area (Å²) in [5.41, 5.74) is 1.60. The number of nitrogens with zero attached hydrogens (tertiary/aromatic N) is 1. The summed E-state index contributed by atoms with van der Waals surface area (Å²) >= 11 is 15.3. The Morgan fingerprint density at radius 1 is 1.39 bits per heavy atom. The Labute approximate surface area is 122 Å². The van der Waals surface area contributed by atoms with E-state index in [1.807, 2.05) is 0 Å². The van der Waals surface area contributed by atoms with Gasteiger partial charge in [0, 0.05) is 10.2 Å². The molecule has 0 radical (unpaired) electrons. The van der Waals surface area contributed by atoms with E-state index in [4.69, 9.17) is 23.2 Å². The van der Waals surface area contributed by atoms with Crippen molar-refractivity contribution in [2.75, 3.05) is 5.32 Å². The fraction of sp³-hybridized carbons (Fsp3) is 0.0909. The second-order valence-corrected chi connectivity index (χ2v) is 5.20. The van der Waals surface area contributed by atoms with Crippen molar-refractivity contribution in [1.29, 1.82) is 0 Å². The zero-order valence-corrected chi connectivity index (χ0v) is 12.3. The van der Waals surface area contributed by atoms with E-state index >= 15 is 0 Å². The zero-order chi connectivity index (χ0) is 13.3. The second kappa shape index (κ2) is 5.30. The van der Waals surface area contributed by atoms with Crippen LogP contribution in [-0.4, -0.2) is 16.1 Å². The molecule has 2 rings (SSSR count). The van der Waals surface area contributed by atoms with Crippen LogP contribution in [0.3, 0.4) is 0 Å². The van der Waals surface area contributed by atoms with Crippen LogP contribution in [0.15, 0.2) is 22.8 Å². The molecule has 1 aromatic carbocycles. The number of benzene rings is 1. The lowest BCUT2D eigenvalue weighted by molar-refractivity contribution is 0.102. The topological polar surface area (TPSA) is 57.8 Å². The minimum Gasteiger partial charge on any atom is -0.320 e. The molecule has 0 bridgehead atoms. The normalized spacial score (nSPS) is 10.4. The van der Waals surface area contributed by atoms with Gasteiger partial charge in [-0.25, -0.2) is 0 Å². The van der Waals surface area contributed by atoms with Gasteiger partial charge >= 0.3 is 0 Å². The van der Waals surface area contributed by atoms with Crippen LogP contribution in [0.5, 0.6) is 0 Å². The summed E-state index contributed by atoms with van der Waals surface area (Å²) in [7, 11) is 0. The van der Waals surface area contributed by atoms with Crippen molar-refractivity contribution in [1.82, 2.24) is 10.2 Å². The predicted octanol–water partition coefficient (Wildman–Crippen LogP) is 4.04. The first-order valence-electron chi connectivity index (χ1n) is 4.95. The number of aromatic nitrogens is 2. The van der Waals surface area contributed by atoms with Gasteiger partial charge < -0.3 is 5.32 Å². The van der Waals surface area contributed by atoms with Crippen LogP contribution in [-0.2, 0) is 0 Å². The maximum absolute atomic E-state index is 12.0. The highest BCUT2D eigenvalue weighted by Crippen LogP contribution is 2.35. The van der Waals surface area contributed by atoms with Crippen molar-refractivity contribution in [3.05, 3.63) is 44.1 Å². The lowest BCUT2D eigenvalue weighted by atomic mass is 10.2. The smallest absolute Gasteiger partial charge is 0.259 e. The average molecular weight is 349 g/mol. The SMILES string of the molecule is Cc1[nH]ncc1C(=O)Nc1ccc(Br)c(Cl)c1Cl. The fourth-order valence-electron chi connectivity index (χ4n) is 1.39. The van der Waals surface area contributed by atoms with E-state index in [0.29, 0.717) is 31.5 Å². The summed E-state index contributed by atoms with van der Waals surface area (Å²) in [5, 5.41) is 9.82. The Hall–Kier alpha value is -1.04. The first kappa shape index (κ1) is 13.4. The van der Waals surface area contributed by atoms with E-state index < -0.39 is 0 Å². The quantitative estimate of drug-likeness (QED) is 0.804. The van der Waals surface area contributed by atoms with Gasteiger partial charge in [-0.15, -0.1) is 0 Å². The molecule has 18 heavy (non-hydrogen) atoms. The Morgan fingerprint density at radius 2 is 2.11 bits per heavy atom. The molecule has 0 aliphatic carbocycles. The third-order valence-corrected chi connectivity index (χ3v) is 4.13. The van der Waals surface area contributed by atoms with Crippen molar-refractivity contribution >= 4 is 50.7 Å². The molecule has 2 N–H and O–H groups in total. The fourth-order valence-corrected chi connectivity index (χ4v) is 2.21. The molecule has 7 heteroatoms. The highest BCUT2D eigenvalue weighted by atomic mass is 79.9. The Morgan fingerprint density at radius 3 is 2.72 bits per heavy atom. The van der Waals surface area contributed by atoms with E-state index in [9.17, 15) is 4.79 Å². The van der Waals surface area contributed by atoms with Crippen LogP contribution < -0.4 is 5.32 Å². The van der Waals surface area contributed by atoms with Gasteiger partial charge in [0.2, 0.25) is 0 Å². The lowest BCUT2D eigenvalue weighted by Gasteiger charge is -2.08. The van der Waals surface area contributed by atoms with E-state index in [-0.39, 0.29) is 5.91 Å². The van der Waals surface area contributed by atoms with Crippen molar-refractivity contribution in [3.63, 3.8) is 0 Å². The standard InChI is InChI=1S/C11H8BrCl2N3O/c1-5-6(4-15-17-5)11(18)16-8-3-2-7(12)9(13)10(8)14/h2-4H,1H3,(H,15,17)(H,16,18). The molecule has 0 aliphatic heterocycles. The summed E-state index contributed by atoms with van der Waals surface area (Å²) in [6.07, 6.45) is 1.46. The second-order valence-electron chi connectivity index (χ2n) is 3.59. The first-order valence-corrected chi connectivity index (χ1v) is 6.50. The molecule has 0 saturated heterocycles. The van der Waals surface area contributed by atoms with Crippen LogP contribution in [0.4, 0.5) is 5.69 Å². The van der Waals surface area contributed by atoms with Gasteiger partial charge in [0.25, 0.3) is 5.91 Å². The van der Waals surface area contributed by atoms with Crippen molar-refractivity contribution in [2.45, 2.75) is 6.92 Å². The van der Waals surface area contributed by atoms with Crippen LogP contribution >= 0.6 is 39.1 Å². The van der Waals surface area contributed by atoms with Gasteiger partial charge in [0.1, 0.15) is 0 Å². The predicted molar refractivity (Wildman–Crippen MR) is 75.4 cm³/mol. The number of aryl methyl sites for hydroxylation is 1. The molecular formula is C11H8BrCl2N3O. The molecule has 0 aliphatic rings. The van der Waals surface area contributed by atoms with Gasteiger partial charge in [-0.05, 0) is 35.0 Å². The van der Waals surface area contributed by atoms with E-state index in [1.165, 1.54) is 6.20 Å². The van der Waals surface area contributed by atoms with E-state index in [1.54, 1.807) is 19.1 Å². The largest absolute Gasteiger partial charge is 0.320 e. The van der Waals surface area contributed by atoms with Crippen LogP contribution in [0.1, 0.15) is 16.1 Å². The molecule has 0 spiro atoms. The molecule has 2 aromatic rings. The van der Waals surface area contributed by atoms with Crippen LogP contribution in [0.25, 0.3) is 0 Å². The summed E-state index contributed by atoms with van der Waals surface area (Å²) in [6, 6.07) is 3.39. The van der Waals surface area contributed by atoms with Gasteiger partial charge in [0.15, 0.2) is 0 Å². The molecule has 0 saturated carbocycles. The molecule has 94 valence electrons. The summed E-state index contributed by atoms with van der Waals surface area (Å²) in [5.74, 6) is -0.290. The van der Waals surface area contributed by atoms with E-state index in [2.05, 4.69) is 31.4 Å². The van der Waals surface area contributed by atoms with Crippen LogP contribution in [0.2, 0.25) is 10.0 Å². The number of rotatable bonds is 2. The summed E-state index contributed by atoms with van der Waals surface area (Å²) in [6.45, 7) is 1.76. The number of carbonyl (C=O) groups is 1. The number of halogens is 3. The number of amides is 1. The Bertz CT molecular complexity index is 612. The monoisotopic (exact) mass is 347 g/mol. The molecule has 1 aromatic heterocycles.